The second-order valence-electron chi connectivity index (χ2n) is 10.4. The average molecular weight is 689 g/mol. The van der Waals surface area contributed by atoms with Crippen molar-refractivity contribution in [1.29, 1.82) is 0 Å². The lowest BCUT2D eigenvalue weighted by atomic mass is 9.99. The number of pyridine rings is 2. The van der Waals surface area contributed by atoms with Crippen LogP contribution in [-0.2, 0) is 23.0 Å². The molecule has 0 bridgehead atoms. The zero-order chi connectivity index (χ0) is 31.7. The molecule has 3 heterocycles. The summed E-state index contributed by atoms with van der Waals surface area (Å²) in [5.74, 6) is -2.35. The lowest BCUT2D eigenvalue weighted by Gasteiger charge is -2.09. The van der Waals surface area contributed by atoms with Crippen LogP contribution >= 0.6 is 15.9 Å². The van der Waals surface area contributed by atoms with Crippen molar-refractivity contribution in [3.63, 3.8) is 0 Å². The number of Topliss-reactive ketones (excluding diaryl/α,β-unsaturated/α-hetero) is 1. The molecule has 0 saturated heterocycles. The first-order valence-corrected chi connectivity index (χ1v) is 16.1. The Hall–Kier alpha value is -4.74. The van der Waals surface area contributed by atoms with E-state index in [9.17, 15) is 26.8 Å². The minimum Gasteiger partial charge on any atom is -0.310 e. The topological polar surface area (TPSA) is 91.0 Å². The number of halogens is 3. The Bertz CT molecular complexity index is 2250. The fourth-order valence-electron chi connectivity index (χ4n) is 5.17. The Morgan fingerprint density at radius 1 is 0.867 bits per heavy atom. The van der Waals surface area contributed by atoms with Crippen molar-refractivity contribution >= 4 is 42.8 Å². The van der Waals surface area contributed by atoms with Crippen LogP contribution in [0.15, 0.2) is 124 Å². The third-order valence-corrected chi connectivity index (χ3v) is 9.51. The van der Waals surface area contributed by atoms with Gasteiger partial charge in [0.05, 0.1) is 17.0 Å². The third kappa shape index (κ3) is 6.13. The van der Waals surface area contributed by atoms with E-state index < -0.39 is 27.2 Å². The van der Waals surface area contributed by atoms with Gasteiger partial charge in [-0.05, 0) is 81.5 Å². The molecule has 0 aliphatic heterocycles. The van der Waals surface area contributed by atoms with E-state index in [0.717, 1.165) is 23.3 Å². The number of hydrogen-bond acceptors (Lipinski definition) is 5. The number of ketones is 1. The summed E-state index contributed by atoms with van der Waals surface area (Å²) in [6.45, 7) is -0.0161. The highest BCUT2D eigenvalue weighted by atomic mass is 79.9. The van der Waals surface area contributed by atoms with E-state index in [1.165, 1.54) is 39.0 Å². The molecule has 0 unspecified atom stereocenters. The van der Waals surface area contributed by atoms with Crippen molar-refractivity contribution in [1.82, 2.24) is 13.5 Å². The van der Waals surface area contributed by atoms with Gasteiger partial charge >= 0.3 is 0 Å². The number of carbonyl (C=O) groups is 1. The summed E-state index contributed by atoms with van der Waals surface area (Å²) < 4.78 is 57.2. The van der Waals surface area contributed by atoms with E-state index >= 15 is 0 Å². The number of nitrogens with zero attached hydrogens (tertiary/aromatic N) is 3. The first-order valence-electron chi connectivity index (χ1n) is 13.8. The second-order valence-corrected chi connectivity index (χ2v) is 13.1. The van der Waals surface area contributed by atoms with E-state index in [0.29, 0.717) is 27.4 Å². The van der Waals surface area contributed by atoms with Crippen LogP contribution < -0.4 is 5.56 Å². The van der Waals surface area contributed by atoms with Crippen LogP contribution in [-0.4, -0.2) is 27.7 Å². The molecule has 3 aromatic carbocycles. The monoisotopic (exact) mass is 687 g/mol. The molecular weight excluding hydrogens is 664 g/mol. The zero-order valence-corrected chi connectivity index (χ0v) is 25.9. The van der Waals surface area contributed by atoms with Gasteiger partial charge in [-0.1, -0.05) is 48.5 Å². The van der Waals surface area contributed by atoms with Gasteiger partial charge in [-0.25, -0.2) is 26.2 Å². The Morgan fingerprint density at radius 3 is 2.44 bits per heavy atom. The van der Waals surface area contributed by atoms with Crippen LogP contribution in [0.1, 0.15) is 27.9 Å². The van der Waals surface area contributed by atoms with Gasteiger partial charge in [0.25, 0.3) is 15.6 Å². The minimum absolute atomic E-state index is 0.00125. The van der Waals surface area contributed by atoms with E-state index in [4.69, 9.17) is 0 Å². The molecule has 7 nitrogen and oxygen atoms in total. The minimum atomic E-state index is -3.93. The standard InChI is InChI=1S/C34H24BrF2N3O4S/c35-25-18-28-29(21-40(33(28)38-19-25)45(43,44)26-8-2-1-3-9-26)24-7-4-6-22(16-24)12-14-32(41)27-10-5-15-39(34(27)42)20-23-11-13-30(36)31(37)17-23/h1-11,13,15-19,21H,12,14,20H2. The third-order valence-electron chi connectivity index (χ3n) is 7.41. The molecule has 0 radical (unpaired) electrons. The summed E-state index contributed by atoms with van der Waals surface area (Å²) in [5.41, 5.74) is 2.34. The molecular formula is C34H24BrF2N3O4S. The Labute approximate surface area is 265 Å². The summed E-state index contributed by atoms with van der Waals surface area (Å²) in [5, 5.41) is 0.628. The van der Waals surface area contributed by atoms with Crippen LogP contribution in [0.25, 0.3) is 22.2 Å². The molecule has 0 saturated carbocycles. The van der Waals surface area contributed by atoms with E-state index in [1.807, 2.05) is 30.3 Å². The van der Waals surface area contributed by atoms with Crippen molar-refractivity contribution in [2.24, 2.45) is 0 Å². The Kier molecular flexibility index (Phi) is 8.30. The highest BCUT2D eigenvalue weighted by Crippen LogP contribution is 2.34. The first-order chi connectivity index (χ1) is 21.6. The van der Waals surface area contributed by atoms with Crippen LogP contribution in [0.2, 0.25) is 0 Å². The maximum atomic E-state index is 13.7. The number of aryl methyl sites for hydroxylation is 1. The second kappa shape index (κ2) is 12.3. The summed E-state index contributed by atoms with van der Waals surface area (Å²) in [6, 6.07) is 23.8. The summed E-state index contributed by atoms with van der Waals surface area (Å²) in [6.07, 6.45) is 4.96. The molecule has 6 rings (SSSR count). The normalized spacial score (nSPS) is 11.6. The lowest BCUT2D eigenvalue weighted by Crippen LogP contribution is -2.26. The maximum Gasteiger partial charge on any atom is 0.269 e. The van der Waals surface area contributed by atoms with Gasteiger partial charge in [0.1, 0.15) is 0 Å². The van der Waals surface area contributed by atoms with Crippen molar-refractivity contribution < 1.29 is 22.0 Å². The van der Waals surface area contributed by atoms with Gasteiger partial charge in [0.15, 0.2) is 23.1 Å². The Balaban J connectivity index is 1.26. The van der Waals surface area contributed by atoms with E-state index in [1.54, 1.807) is 36.7 Å². The molecule has 0 N–H and O–H groups in total. The smallest absolute Gasteiger partial charge is 0.269 e. The van der Waals surface area contributed by atoms with E-state index in [-0.39, 0.29) is 34.9 Å². The maximum absolute atomic E-state index is 13.7. The molecule has 0 aliphatic carbocycles. The molecule has 3 aromatic heterocycles. The number of hydrogen-bond donors (Lipinski definition) is 0. The van der Waals surface area contributed by atoms with Crippen LogP contribution in [0.4, 0.5) is 8.78 Å². The summed E-state index contributed by atoms with van der Waals surface area (Å²) in [4.78, 5) is 30.8. The van der Waals surface area contributed by atoms with E-state index in [2.05, 4.69) is 20.9 Å². The molecule has 0 fully saturated rings. The molecule has 6 aromatic rings. The lowest BCUT2D eigenvalue weighted by molar-refractivity contribution is 0.0980. The van der Waals surface area contributed by atoms with Crippen LogP contribution in [0.3, 0.4) is 0 Å². The van der Waals surface area contributed by atoms with Gasteiger partial charge in [-0.3, -0.25) is 9.59 Å². The highest BCUT2D eigenvalue weighted by Gasteiger charge is 2.23. The number of benzene rings is 3. The molecule has 0 atom stereocenters. The van der Waals surface area contributed by atoms with Gasteiger partial charge in [0, 0.05) is 40.4 Å². The first kappa shape index (κ1) is 30.3. The predicted octanol–water partition coefficient (Wildman–Crippen LogP) is 7.01. The van der Waals surface area contributed by atoms with Crippen molar-refractivity contribution in [3.8, 4) is 11.1 Å². The zero-order valence-electron chi connectivity index (χ0n) is 23.5. The SMILES string of the molecule is O=C(CCc1cccc(-c2cn(S(=O)(=O)c3ccccc3)c3ncc(Br)cc23)c1)c1cccn(Cc2ccc(F)c(F)c2)c1=O. The molecule has 0 amide bonds. The van der Waals surface area contributed by atoms with Crippen LogP contribution in [0, 0.1) is 11.6 Å². The fraction of sp³-hybridized carbons (Fsp3) is 0.0882. The number of rotatable bonds is 9. The average Bonchev–Trinajstić information content (AvgIpc) is 3.43. The van der Waals surface area contributed by atoms with Gasteiger partial charge in [-0.15, -0.1) is 0 Å². The Morgan fingerprint density at radius 2 is 1.67 bits per heavy atom. The summed E-state index contributed by atoms with van der Waals surface area (Å²) in [7, 11) is -3.93. The van der Waals surface area contributed by atoms with Crippen LogP contribution in [0.5, 0.6) is 0 Å². The molecule has 0 aliphatic rings. The van der Waals surface area contributed by atoms with Crippen molar-refractivity contribution in [2.45, 2.75) is 24.3 Å². The largest absolute Gasteiger partial charge is 0.310 e. The van der Waals surface area contributed by atoms with Crippen molar-refractivity contribution in [3.05, 3.63) is 153 Å². The quantitative estimate of drug-likeness (QED) is 0.153. The molecule has 0 spiro atoms. The highest BCUT2D eigenvalue weighted by molar-refractivity contribution is 9.10. The number of aromatic nitrogens is 3. The molecule has 45 heavy (non-hydrogen) atoms. The molecule has 226 valence electrons. The number of fused-ring (bicyclic) bond motifs is 1. The van der Waals surface area contributed by atoms with Crippen molar-refractivity contribution in [2.75, 3.05) is 0 Å². The fourth-order valence-corrected chi connectivity index (χ4v) is 6.85. The summed E-state index contributed by atoms with van der Waals surface area (Å²) >= 11 is 3.44. The molecule has 11 heteroatoms. The van der Waals surface area contributed by atoms with Gasteiger partial charge < -0.3 is 4.57 Å². The predicted molar refractivity (Wildman–Crippen MR) is 171 cm³/mol. The van der Waals surface area contributed by atoms with Gasteiger partial charge in [0.2, 0.25) is 0 Å². The van der Waals surface area contributed by atoms with Gasteiger partial charge in [-0.2, -0.15) is 0 Å². The number of carbonyl (C=O) groups excluding carboxylic acids is 1.